The van der Waals surface area contributed by atoms with E-state index in [0.29, 0.717) is 21.8 Å². The first-order valence-electron chi connectivity index (χ1n) is 7.70. The predicted octanol–water partition coefficient (Wildman–Crippen LogP) is 5.53. The fraction of sp³-hybridized carbons (Fsp3) is 0.158. The van der Waals surface area contributed by atoms with Crippen molar-refractivity contribution in [2.45, 2.75) is 19.0 Å². The summed E-state index contributed by atoms with van der Waals surface area (Å²) in [6.45, 7) is 3.86. The molecule has 0 fully saturated rings. The number of thioether (sulfide) groups is 1. The van der Waals surface area contributed by atoms with Crippen molar-refractivity contribution in [1.82, 2.24) is 9.55 Å². The minimum atomic E-state index is -0.0542. The van der Waals surface area contributed by atoms with Gasteiger partial charge < -0.3 is 0 Å². The molecule has 0 N–H and O–H groups in total. The molecule has 0 aliphatic carbocycles. The van der Waals surface area contributed by atoms with E-state index in [2.05, 4.69) is 22.6 Å². The van der Waals surface area contributed by atoms with Crippen molar-refractivity contribution in [3.8, 4) is 5.69 Å². The lowest BCUT2D eigenvalue weighted by Crippen LogP contribution is -2.22. The van der Waals surface area contributed by atoms with Gasteiger partial charge in [-0.3, -0.25) is 9.36 Å². The van der Waals surface area contributed by atoms with Gasteiger partial charge >= 0.3 is 0 Å². The maximum atomic E-state index is 13.1. The minimum absolute atomic E-state index is 0.0542. The van der Waals surface area contributed by atoms with Gasteiger partial charge in [0.1, 0.15) is 0 Å². The van der Waals surface area contributed by atoms with E-state index in [1.54, 1.807) is 4.57 Å². The van der Waals surface area contributed by atoms with Crippen LogP contribution in [0.3, 0.4) is 0 Å². The molecule has 2 aromatic carbocycles. The Morgan fingerprint density at radius 3 is 2.68 bits per heavy atom. The number of aromatic nitrogens is 2. The van der Waals surface area contributed by atoms with Gasteiger partial charge in [0.2, 0.25) is 0 Å². The number of hydrogen-bond acceptors (Lipinski definition) is 3. The highest BCUT2D eigenvalue weighted by atomic mass is 127. The third-order valence-corrected chi connectivity index (χ3v) is 5.36. The molecule has 3 rings (SSSR count). The van der Waals surface area contributed by atoms with Crippen LogP contribution in [0.1, 0.15) is 12.5 Å². The highest BCUT2D eigenvalue weighted by Gasteiger charge is 2.13. The third-order valence-electron chi connectivity index (χ3n) is 3.67. The molecule has 0 aliphatic heterocycles. The Balaban J connectivity index is 2.22. The summed E-state index contributed by atoms with van der Waals surface area (Å²) in [6, 6.07) is 13.6. The lowest BCUT2D eigenvalue weighted by molar-refractivity contribution is 0.820. The van der Waals surface area contributed by atoms with Crippen LogP contribution in [-0.2, 0) is 0 Å². The van der Waals surface area contributed by atoms with Gasteiger partial charge in [0.25, 0.3) is 5.56 Å². The predicted molar refractivity (Wildman–Crippen MR) is 115 cm³/mol. The zero-order valence-electron chi connectivity index (χ0n) is 13.8. The van der Waals surface area contributed by atoms with Crippen LogP contribution in [0.25, 0.3) is 16.6 Å². The average molecular weight is 483 g/mol. The molecule has 0 saturated carbocycles. The number of aryl methyl sites for hydroxylation is 1. The van der Waals surface area contributed by atoms with E-state index in [9.17, 15) is 4.79 Å². The largest absolute Gasteiger partial charge is 0.268 e. The third kappa shape index (κ3) is 4.27. The normalized spacial score (nSPS) is 11.9. The van der Waals surface area contributed by atoms with E-state index >= 15 is 0 Å². The van der Waals surface area contributed by atoms with Gasteiger partial charge in [0.05, 0.1) is 16.6 Å². The van der Waals surface area contributed by atoms with E-state index in [1.807, 2.05) is 62.4 Å². The summed E-state index contributed by atoms with van der Waals surface area (Å²) in [4.78, 5) is 17.9. The molecule has 3 aromatic rings. The maximum absolute atomic E-state index is 13.1. The molecule has 6 heteroatoms. The Kier molecular flexibility index (Phi) is 5.86. The topological polar surface area (TPSA) is 34.9 Å². The van der Waals surface area contributed by atoms with Gasteiger partial charge in [-0.05, 0) is 66.8 Å². The number of nitrogens with zero attached hydrogens (tertiary/aromatic N) is 2. The Labute approximate surface area is 169 Å². The van der Waals surface area contributed by atoms with Crippen molar-refractivity contribution >= 4 is 56.9 Å². The summed E-state index contributed by atoms with van der Waals surface area (Å²) in [5.74, 6) is 0.656. The van der Waals surface area contributed by atoms with Crippen LogP contribution >= 0.6 is 46.0 Å². The van der Waals surface area contributed by atoms with Crippen LogP contribution in [0.5, 0.6) is 0 Å². The molecule has 0 bridgehead atoms. The summed E-state index contributed by atoms with van der Waals surface area (Å²) in [5, 5.41) is 2.02. The number of fused-ring (bicyclic) bond motifs is 1. The Hall–Kier alpha value is -1.31. The molecule has 0 atom stereocenters. The standard InChI is InChI=1S/C19H16ClIN2OS/c1-12-3-6-15(7-4-12)23-18(24)16-11-14(21)5-8-17(16)22-19(23)25-10-9-13(2)20/h3-9,11H,10H2,1-2H3/b13-9+. The molecule has 0 saturated heterocycles. The van der Waals surface area contributed by atoms with Crippen molar-refractivity contribution in [1.29, 1.82) is 0 Å². The quantitative estimate of drug-likeness (QED) is 0.278. The highest BCUT2D eigenvalue weighted by molar-refractivity contribution is 14.1. The Morgan fingerprint density at radius 1 is 1.28 bits per heavy atom. The van der Waals surface area contributed by atoms with Crippen molar-refractivity contribution < 1.29 is 0 Å². The monoisotopic (exact) mass is 482 g/mol. The molecule has 0 spiro atoms. The van der Waals surface area contributed by atoms with Crippen molar-refractivity contribution in [3.05, 3.63) is 73.1 Å². The molecule has 1 aromatic heterocycles. The molecule has 3 nitrogen and oxygen atoms in total. The molecule has 0 radical (unpaired) electrons. The zero-order valence-corrected chi connectivity index (χ0v) is 17.5. The zero-order chi connectivity index (χ0) is 18.0. The SMILES string of the molecule is C/C(Cl)=C\CSc1nc2ccc(I)cc2c(=O)n1-c1ccc(C)cc1. The average Bonchev–Trinajstić information content (AvgIpc) is 2.57. The van der Waals surface area contributed by atoms with Crippen molar-refractivity contribution in [3.63, 3.8) is 0 Å². The minimum Gasteiger partial charge on any atom is -0.268 e. The van der Waals surface area contributed by atoms with Gasteiger partial charge in [-0.1, -0.05) is 47.1 Å². The smallest absolute Gasteiger partial charge is 0.266 e. The Morgan fingerprint density at radius 2 is 2.00 bits per heavy atom. The summed E-state index contributed by atoms with van der Waals surface area (Å²) in [5.41, 5.74) is 2.62. The number of allylic oxidation sites excluding steroid dienone is 1. The molecule has 1 heterocycles. The van der Waals surface area contributed by atoms with Crippen LogP contribution in [0.2, 0.25) is 0 Å². The molecule has 25 heavy (non-hydrogen) atoms. The van der Waals surface area contributed by atoms with Crippen molar-refractivity contribution in [2.75, 3.05) is 5.75 Å². The first kappa shape index (κ1) is 18.5. The second kappa shape index (κ2) is 7.93. The molecule has 0 unspecified atom stereocenters. The second-order valence-corrected chi connectivity index (χ2v) is 8.46. The van der Waals surface area contributed by atoms with Gasteiger partial charge in [-0.15, -0.1) is 0 Å². The maximum Gasteiger partial charge on any atom is 0.266 e. The summed E-state index contributed by atoms with van der Waals surface area (Å²) < 4.78 is 2.69. The molecule has 0 aliphatic rings. The van der Waals surface area contributed by atoms with Crippen LogP contribution in [-0.4, -0.2) is 15.3 Å². The number of rotatable bonds is 4. The summed E-state index contributed by atoms with van der Waals surface area (Å²) in [6.07, 6.45) is 1.91. The summed E-state index contributed by atoms with van der Waals surface area (Å²) in [7, 11) is 0. The molecular weight excluding hydrogens is 467 g/mol. The van der Waals surface area contributed by atoms with Gasteiger partial charge in [-0.2, -0.15) is 0 Å². The van der Waals surface area contributed by atoms with Gasteiger partial charge in [0, 0.05) is 14.4 Å². The fourth-order valence-electron chi connectivity index (χ4n) is 2.39. The summed E-state index contributed by atoms with van der Waals surface area (Å²) >= 11 is 9.63. The van der Waals surface area contributed by atoms with Crippen LogP contribution in [0, 0.1) is 10.5 Å². The number of hydrogen-bond donors (Lipinski definition) is 0. The lowest BCUT2D eigenvalue weighted by atomic mass is 10.2. The lowest BCUT2D eigenvalue weighted by Gasteiger charge is -2.13. The first-order valence-corrected chi connectivity index (χ1v) is 10.1. The molecule has 0 amide bonds. The van der Waals surface area contributed by atoms with E-state index in [1.165, 1.54) is 11.8 Å². The Bertz CT molecular complexity index is 1010. The van der Waals surface area contributed by atoms with Gasteiger partial charge in [0.15, 0.2) is 5.16 Å². The fourth-order valence-corrected chi connectivity index (χ4v) is 4.01. The van der Waals surface area contributed by atoms with Crippen molar-refractivity contribution in [2.24, 2.45) is 0 Å². The highest BCUT2D eigenvalue weighted by Crippen LogP contribution is 2.23. The van der Waals surface area contributed by atoms with Crippen LogP contribution < -0.4 is 5.56 Å². The van der Waals surface area contributed by atoms with E-state index < -0.39 is 0 Å². The van der Waals surface area contributed by atoms with Crippen LogP contribution in [0.4, 0.5) is 0 Å². The van der Waals surface area contributed by atoms with E-state index in [4.69, 9.17) is 16.6 Å². The van der Waals surface area contributed by atoms with Gasteiger partial charge in [-0.25, -0.2) is 4.98 Å². The molecular formula is C19H16ClIN2OS. The first-order chi connectivity index (χ1) is 12.0. The second-order valence-electron chi connectivity index (χ2n) is 5.63. The number of benzene rings is 2. The van der Waals surface area contributed by atoms with Crippen LogP contribution in [0.15, 0.2) is 63.5 Å². The van der Waals surface area contributed by atoms with E-state index in [0.717, 1.165) is 19.9 Å². The number of halogens is 2. The molecule has 128 valence electrons. The van der Waals surface area contributed by atoms with E-state index in [-0.39, 0.29) is 5.56 Å².